The van der Waals surface area contributed by atoms with E-state index in [0.717, 1.165) is 0 Å². The zero-order chi connectivity index (χ0) is 14.4. The van der Waals surface area contributed by atoms with Gasteiger partial charge in [-0.3, -0.25) is 4.79 Å². The molecular weight excluding hydrogens is 266 g/mol. The first-order chi connectivity index (χ1) is 8.93. The van der Waals surface area contributed by atoms with Crippen LogP contribution in [0.4, 0.5) is 11.8 Å². The van der Waals surface area contributed by atoms with Crippen molar-refractivity contribution in [2.24, 2.45) is 11.7 Å². The maximum Gasteiger partial charge on any atom is 0.236 e. The van der Waals surface area contributed by atoms with Gasteiger partial charge in [0.15, 0.2) is 5.82 Å². The van der Waals surface area contributed by atoms with E-state index in [0.29, 0.717) is 35.8 Å². The first kappa shape index (κ1) is 15.5. The number of carbonyl (C=O) groups excluding carboxylic acids is 1. The zero-order valence-corrected chi connectivity index (χ0v) is 12.2. The van der Waals surface area contributed by atoms with Crippen LogP contribution in [0.2, 0.25) is 5.02 Å². The molecule has 1 heterocycles. The third-order valence-electron chi connectivity index (χ3n) is 2.29. The molecule has 0 saturated heterocycles. The summed E-state index contributed by atoms with van der Waals surface area (Å²) < 4.78 is 0. The molecule has 1 rings (SSSR count). The molecule has 0 spiro atoms. The van der Waals surface area contributed by atoms with Crippen molar-refractivity contribution in [3.05, 3.63) is 11.2 Å². The number of amides is 1. The van der Waals surface area contributed by atoms with Crippen molar-refractivity contribution >= 4 is 29.3 Å². The molecule has 0 saturated carbocycles. The Balaban J connectivity index is 3.04. The third kappa shape index (κ3) is 4.90. The highest BCUT2D eigenvalue weighted by atomic mass is 35.5. The SMILES string of the molecule is CCNc1ncc(Cl)c(N(CC(N)=O)CC(C)C)n1. The Bertz CT molecular complexity index is 438. The van der Waals surface area contributed by atoms with Crippen LogP contribution in [0.15, 0.2) is 6.20 Å². The van der Waals surface area contributed by atoms with E-state index in [1.54, 1.807) is 4.90 Å². The summed E-state index contributed by atoms with van der Waals surface area (Å²) in [5.41, 5.74) is 5.27. The Kier molecular flexibility index (Phi) is 5.82. The first-order valence-corrected chi connectivity index (χ1v) is 6.61. The fourth-order valence-electron chi connectivity index (χ4n) is 1.68. The van der Waals surface area contributed by atoms with Crippen molar-refractivity contribution in [2.75, 3.05) is 29.9 Å². The topological polar surface area (TPSA) is 84.1 Å². The predicted molar refractivity (Wildman–Crippen MR) is 77.5 cm³/mol. The molecule has 0 aliphatic rings. The summed E-state index contributed by atoms with van der Waals surface area (Å²) >= 11 is 6.11. The molecule has 1 amide bonds. The molecule has 3 N–H and O–H groups in total. The molecule has 0 unspecified atom stereocenters. The summed E-state index contributed by atoms with van der Waals surface area (Å²) in [5.74, 6) is 0.952. The van der Waals surface area contributed by atoms with E-state index >= 15 is 0 Å². The van der Waals surface area contributed by atoms with Crippen LogP contribution >= 0.6 is 11.6 Å². The summed E-state index contributed by atoms with van der Waals surface area (Å²) in [5, 5.41) is 3.42. The zero-order valence-electron chi connectivity index (χ0n) is 11.5. The second-order valence-electron chi connectivity index (χ2n) is 4.64. The van der Waals surface area contributed by atoms with Crippen LogP contribution in [0.1, 0.15) is 20.8 Å². The van der Waals surface area contributed by atoms with Crippen LogP contribution in [0.3, 0.4) is 0 Å². The van der Waals surface area contributed by atoms with Crippen LogP contribution in [-0.2, 0) is 4.79 Å². The molecule has 0 aromatic carbocycles. The molecule has 19 heavy (non-hydrogen) atoms. The smallest absolute Gasteiger partial charge is 0.236 e. The number of aromatic nitrogens is 2. The van der Waals surface area contributed by atoms with Crippen molar-refractivity contribution in [2.45, 2.75) is 20.8 Å². The van der Waals surface area contributed by atoms with E-state index in [1.165, 1.54) is 6.20 Å². The minimum atomic E-state index is -0.416. The van der Waals surface area contributed by atoms with E-state index in [9.17, 15) is 4.79 Å². The number of rotatable bonds is 7. The minimum Gasteiger partial charge on any atom is -0.368 e. The van der Waals surface area contributed by atoms with Gasteiger partial charge >= 0.3 is 0 Å². The van der Waals surface area contributed by atoms with Gasteiger partial charge in [-0.2, -0.15) is 4.98 Å². The number of nitrogens with two attached hydrogens (primary N) is 1. The Morgan fingerprint density at radius 2 is 2.26 bits per heavy atom. The van der Waals surface area contributed by atoms with E-state index in [-0.39, 0.29) is 6.54 Å². The van der Waals surface area contributed by atoms with Gasteiger partial charge in [0.2, 0.25) is 11.9 Å². The summed E-state index contributed by atoms with van der Waals surface area (Å²) in [7, 11) is 0. The fourth-order valence-corrected chi connectivity index (χ4v) is 1.89. The second-order valence-corrected chi connectivity index (χ2v) is 5.04. The third-order valence-corrected chi connectivity index (χ3v) is 2.56. The first-order valence-electron chi connectivity index (χ1n) is 6.23. The highest BCUT2D eigenvalue weighted by Gasteiger charge is 2.17. The minimum absolute atomic E-state index is 0.0838. The lowest BCUT2D eigenvalue weighted by atomic mass is 10.2. The van der Waals surface area contributed by atoms with Crippen LogP contribution in [-0.4, -0.2) is 35.5 Å². The van der Waals surface area contributed by atoms with Gasteiger partial charge in [-0.15, -0.1) is 0 Å². The standard InChI is InChI=1S/C12H20ClN5O/c1-4-15-12-16-5-9(13)11(17-12)18(6-8(2)3)7-10(14)19/h5,8H,4,6-7H2,1-3H3,(H2,14,19)(H,15,16,17). The summed E-state index contributed by atoms with van der Waals surface area (Å²) in [4.78, 5) is 21.3. The molecule has 106 valence electrons. The summed E-state index contributed by atoms with van der Waals surface area (Å²) in [6.07, 6.45) is 1.52. The van der Waals surface area contributed by atoms with Gasteiger partial charge < -0.3 is 16.0 Å². The van der Waals surface area contributed by atoms with E-state index in [2.05, 4.69) is 15.3 Å². The molecule has 7 heteroatoms. The van der Waals surface area contributed by atoms with Gasteiger partial charge in [-0.25, -0.2) is 4.98 Å². The Hall–Kier alpha value is -1.56. The highest BCUT2D eigenvalue weighted by Crippen LogP contribution is 2.24. The van der Waals surface area contributed by atoms with Gasteiger partial charge in [0, 0.05) is 13.1 Å². The lowest BCUT2D eigenvalue weighted by Gasteiger charge is -2.25. The van der Waals surface area contributed by atoms with E-state index in [4.69, 9.17) is 17.3 Å². The normalized spacial score (nSPS) is 10.6. The Morgan fingerprint density at radius 1 is 1.58 bits per heavy atom. The number of primary amides is 1. The van der Waals surface area contributed by atoms with Crippen molar-refractivity contribution in [3.8, 4) is 0 Å². The average Bonchev–Trinajstić information content (AvgIpc) is 2.30. The fraction of sp³-hybridized carbons (Fsp3) is 0.583. The molecule has 6 nitrogen and oxygen atoms in total. The van der Waals surface area contributed by atoms with Crippen molar-refractivity contribution in [1.82, 2.24) is 9.97 Å². The van der Waals surface area contributed by atoms with Gasteiger partial charge in [0.1, 0.15) is 5.02 Å². The molecule has 0 atom stereocenters. The molecule has 1 aromatic heterocycles. The second kappa shape index (κ2) is 7.13. The van der Waals surface area contributed by atoms with Crippen LogP contribution < -0.4 is 16.0 Å². The molecule has 0 bridgehead atoms. The van der Waals surface area contributed by atoms with Gasteiger partial charge in [0.05, 0.1) is 12.7 Å². The number of anilines is 2. The van der Waals surface area contributed by atoms with Gasteiger partial charge in [-0.1, -0.05) is 25.4 Å². The Morgan fingerprint density at radius 3 is 2.79 bits per heavy atom. The monoisotopic (exact) mass is 285 g/mol. The molecular formula is C12H20ClN5O. The van der Waals surface area contributed by atoms with E-state index < -0.39 is 5.91 Å². The summed E-state index contributed by atoms with van der Waals surface area (Å²) in [6, 6.07) is 0. The number of halogens is 1. The Labute approximate surface area is 118 Å². The largest absolute Gasteiger partial charge is 0.368 e. The summed E-state index contributed by atoms with van der Waals surface area (Å²) in [6.45, 7) is 7.49. The quantitative estimate of drug-likeness (QED) is 0.793. The number of hydrogen-bond donors (Lipinski definition) is 2. The number of nitrogens with one attached hydrogen (secondary N) is 1. The molecule has 0 aliphatic heterocycles. The van der Waals surface area contributed by atoms with Crippen LogP contribution in [0.25, 0.3) is 0 Å². The van der Waals surface area contributed by atoms with Crippen molar-refractivity contribution in [1.29, 1.82) is 0 Å². The maximum absolute atomic E-state index is 11.2. The number of carbonyl (C=O) groups is 1. The molecule has 0 fully saturated rings. The average molecular weight is 286 g/mol. The van der Waals surface area contributed by atoms with E-state index in [1.807, 2.05) is 20.8 Å². The van der Waals surface area contributed by atoms with Crippen LogP contribution in [0, 0.1) is 5.92 Å². The highest BCUT2D eigenvalue weighted by molar-refractivity contribution is 6.32. The number of nitrogens with zero attached hydrogens (tertiary/aromatic N) is 3. The number of hydrogen-bond acceptors (Lipinski definition) is 5. The predicted octanol–water partition coefficient (Wildman–Crippen LogP) is 1.51. The lowest BCUT2D eigenvalue weighted by Crippen LogP contribution is -2.37. The van der Waals surface area contributed by atoms with Crippen LogP contribution in [0.5, 0.6) is 0 Å². The molecule has 1 aromatic rings. The molecule has 0 aliphatic carbocycles. The molecule has 0 radical (unpaired) electrons. The van der Waals surface area contributed by atoms with Crippen molar-refractivity contribution in [3.63, 3.8) is 0 Å². The van der Waals surface area contributed by atoms with Crippen molar-refractivity contribution < 1.29 is 4.79 Å². The van der Waals surface area contributed by atoms with Gasteiger partial charge in [0.25, 0.3) is 0 Å². The maximum atomic E-state index is 11.2. The van der Waals surface area contributed by atoms with Gasteiger partial charge in [-0.05, 0) is 12.8 Å². The lowest BCUT2D eigenvalue weighted by molar-refractivity contribution is -0.116.